The first-order valence-electron chi connectivity index (χ1n) is 6.93. The zero-order valence-corrected chi connectivity index (χ0v) is 14.6. The topological polar surface area (TPSA) is 66.8 Å². The summed E-state index contributed by atoms with van der Waals surface area (Å²) in [6.45, 7) is 3.18. The van der Waals surface area contributed by atoms with Gasteiger partial charge >= 0.3 is 0 Å². The van der Waals surface area contributed by atoms with Crippen molar-refractivity contribution in [2.24, 2.45) is 0 Å². The first kappa shape index (κ1) is 17.1. The molecule has 120 valence electrons. The van der Waals surface area contributed by atoms with Gasteiger partial charge in [-0.1, -0.05) is 34.1 Å². The Labute approximate surface area is 143 Å². The molecular formula is C18H17BrO4. The maximum Gasteiger partial charge on any atom is 0.193 e. The van der Waals surface area contributed by atoms with Gasteiger partial charge in [0.2, 0.25) is 0 Å². The number of phenols is 2. The summed E-state index contributed by atoms with van der Waals surface area (Å²) in [5, 5.41) is 20.2. The van der Waals surface area contributed by atoms with Crippen molar-refractivity contribution in [2.45, 2.75) is 13.8 Å². The lowest BCUT2D eigenvalue weighted by atomic mass is 9.98. The van der Waals surface area contributed by atoms with Crippen LogP contribution < -0.4 is 4.74 Å². The highest BCUT2D eigenvalue weighted by Gasteiger charge is 2.23. The highest BCUT2D eigenvalue weighted by molar-refractivity contribution is 9.10. The number of aromatic hydroxyl groups is 2. The van der Waals surface area contributed by atoms with Gasteiger partial charge in [-0.15, -0.1) is 0 Å². The van der Waals surface area contributed by atoms with Crippen molar-refractivity contribution in [3.05, 3.63) is 57.1 Å². The SMILES string of the molecule is COc1c(C)c(O)c(C)c(O)c1C(=O)C=Cc1cccc(Br)c1. The molecule has 0 saturated carbocycles. The van der Waals surface area contributed by atoms with E-state index in [1.54, 1.807) is 19.9 Å². The largest absolute Gasteiger partial charge is 0.507 e. The number of methoxy groups -OCH3 is 1. The fourth-order valence-electron chi connectivity index (χ4n) is 2.33. The van der Waals surface area contributed by atoms with Crippen molar-refractivity contribution in [2.75, 3.05) is 7.11 Å². The molecule has 0 saturated heterocycles. The minimum Gasteiger partial charge on any atom is -0.507 e. The highest BCUT2D eigenvalue weighted by Crippen LogP contribution is 2.41. The monoisotopic (exact) mass is 376 g/mol. The average Bonchev–Trinajstić information content (AvgIpc) is 2.53. The number of hydrogen-bond acceptors (Lipinski definition) is 4. The van der Waals surface area contributed by atoms with Gasteiger partial charge in [0, 0.05) is 15.6 Å². The molecule has 0 aliphatic rings. The summed E-state index contributed by atoms with van der Waals surface area (Å²) in [6.07, 6.45) is 3.03. The van der Waals surface area contributed by atoms with Gasteiger partial charge in [-0.2, -0.15) is 0 Å². The fraction of sp³-hybridized carbons (Fsp3) is 0.167. The molecule has 0 spiro atoms. The van der Waals surface area contributed by atoms with Gasteiger partial charge in [0.1, 0.15) is 22.8 Å². The van der Waals surface area contributed by atoms with Crippen LogP contribution in [0.15, 0.2) is 34.8 Å². The highest BCUT2D eigenvalue weighted by atomic mass is 79.9. The Hall–Kier alpha value is -2.27. The second kappa shape index (κ2) is 6.87. The molecule has 0 atom stereocenters. The molecule has 0 aliphatic heterocycles. The minimum atomic E-state index is -0.398. The molecule has 2 rings (SSSR count). The smallest absolute Gasteiger partial charge is 0.193 e. The molecule has 4 nitrogen and oxygen atoms in total. The first-order chi connectivity index (χ1) is 10.9. The maximum atomic E-state index is 12.5. The number of halogens is 1. The molecule has 23 heavy (non-hydrogen) atoms. The lowest BCUT2D eigenvalue weighted by molar-refractivity contribution is 0.104. The van der Waals surface area contributed by atoms with Crippen molar-refractivity contribution in [3.8, 4) is 17.2 Å². The van der Waals surface area contributed by atoms with Crippen LogP contribution in [0.3, 0.4) is 0 Å². The van der Waals surface area contributed by atoms with E-state index in [-0.39, 0.29) is 28.4 Å². The van der Waals surface area contributed by atoms with Gasteiger partial charge in [-0.25, -0.2) is 0 Å². The molecule has 0 fully saturated rings. The molecule has 0 unspecified atom stereocenters. The molecule has 2 aromatic rings. The van der Waals surface area contributed by atoms with Crippen molar-refractivity contribution in [3.63, 3.8) is 0 Å². The number of benzene rings is 2. The second-order valence-electron chi connectivity index (χ2n) is 5.11. The first-order valence-corrected chi connectivity index (χ1v) is 7.73. The Morgan fingerprint density at radius 2 is 1.87 bits per heavy atom. The minimum absolute atomic E-state index is 0.0477. The number of phenolic OH excluding ortho intramolecular Hbond substituents is 2. The van der Waals surface area contributed by atoms with Crippen molar-refractivity contribution >= 4 is 27.8 Å². The standard InChI is InChI=1S/C18H17BrO4/c1-10-16(21)11(2)18(23-3)15(17(10)22)14(20)8-7-12-5-4-6-13(19)9-12/h4-9,21-22H,1-3H3. The predicted octanol–water partition coefficient (Wildman–Crippen LogP) is 4.38. The normalized spacial score (nSPS) is 11.0. The van der Waals surface area contributed by atoms with E-state index in [1.807, 2.05) is 24.3 Å². The number of ether oxygens (including phenoxy) is 1. The number of ketones is 1. The summed E-state index contributed by atoms with van der Waals surface area (Å²) in [5.74, 6) is -0.569. The third kappa shape index (κ3) is 3.40. The number of carbonyl (C=O) groups excluding carboxylic acids is 1. The van der Waals surface area contributed by atoms with Crippen molar-refractivity contribution in [1.29, 1.82) is 0 Å². The van der Waals surface area contributed by atoms with Crippen LogP contribution in [0.4, 0.5) is 0 Å². The molecule has 0 heterocycles. The molecule has 0 aromatic heterocycles. The summed E-state index contributed by atoms with van der Waals surface area (Å²) >= 11 is 3.37. The lowest BCUT2D eigenvalue weighted by Gasteiger charge is -2.15. The van der Waals surface area contributed by atoms with Gasteiger partial charge in [0.15, 0.2) is 5.78 Å². The van der Waals surface area contributed by atoms with Crippen molar-refractivity contribution < 1.29 is 19.7 Å². The molecule has 0 bridgehead atoms. The molecule has 2 aromatic carbocycles. The van der Waals surface area contributed by atoms with E-state index in [4.69, 9.17) is 4.74 Å². The Morgan fingerprint density at radius 1 is 1.17 bits per heavy atom. The predicted molar refractivity (Wildman–Crippen MR) is 93.3 cm³/mol. The Kier molecular flexibility index (Phi) is 5.11. The van der Waals surface area contributed by atoms with Gasteiger partial charge in [-0.05, 0) is 37.6 Å². The van der Waals surface area contributed by atoms with E-state index >= 15 is 0 Å². The van der Waals surface area contributed by atoms with E-state index in [9.17, 15) is 15.0 Å². The van der Waals surface area contributed by atoms with Crippen LogP contribution >= 0.6 is 15.9 Å². The van der Waals surface area contributed by atoms with Crippen LogP contribution in [-0.4, -0.2) is 23.1 Å². The number of hydrogen-bond donors (Lipinski definition) is 2. The summed E-state index contributed by atoms with van der Waals surface area (Å²) in [7, 11) is 1.39. The maximum absolute atomic E-state index is 12.5. The molecule has 0 aliphatic carbocycles. The summed E-state index contributed by atoms with van der Waals surface area (Å²) < 4.78 is 6.11. The van der Waals surface area contributed by atoms with Gasteiger partial charge in [0.25, 0.3) is 0 Å². The van der Waals surface area contributed by atoms with Crippen LogP contribution in [0.25, 0.3) is 6.08 Å². The van der Waals surface area contributed by atoms with E-state index in [1.165, 1.54) is 13.2 Å². The Balaban J connectivity index is 2.47. The van der Waals surface area contributed by atoms with E-state index in [0.717, 1.165) is 10.0 Å². The van der Waals surface area contributed by atoms with Gasteiger partial charge < -0.3 is 14.9 Å². The van der Waals surface area contributed by atoms with Crippen molar-refractivity contribution in [1.82, 2.24) is 0 Å². The molecular weight excluding hydrogens is 360 g/mol. The van der Waals surface area contributed by atoms with Crippen LogP contribution in [0.5, 0.6) is 17.2 Å². The van der Waals surface area contributed by atoms with Crippen LogP contribution in [0.2, 0.25) is 0 Å². The Morgan fingerprint density at radius 3 is 2.48 bits per heavy atom. The quantitative estimate of drug-likeness (QED) is 0.613. The third-order valence-corrected chi connectivity index (χ3v) is 4.09. The summed E-state index contributed by atoms with van der Waals surface area (Å²) in [5.41, 5.74) is 1.56. The molecule has 0 amide bonds. The van der Waals surface area contributed by atoms with Gasteiger partial charge in [0.05, 0.1) is 7.11 Å². The van der Waals surface area contributed by atoms with E-state index in [0.29, 0.717) is 5.56 Å². The van der Waals surface area contributed by atoms with Crippen LogP contribution in [-0.2, 0) is 0 Å². The zero-order chi connectivity index (χ0) is 17.1. The zero-order valence-electron chi connectivity index (χ0n) is 13.1. The average molecular weight is 377 g/mol. The molecule has 5 heteroatoms. The van der Waals surface area contributed by atoms with Crippen LogP contribution in [0.1, 0.15) is 27.0 Å². The van der Waals surface area contributed by atoms with E-state index < -0.39 is 5.78 Å². The molecule has 0 radical (unpaired) electrons. The van der Waals surface area contributed by atoms with E-state index in [2.05, 4.69) is 15.9 Å². The number of carbonyl (C=O) groups is 1. The van der Waals surface area contributed by atoms with Gasteiger partial charge in [-0.3, -0.25) is 4.79 Å². The third-order valence-electron chi connectivity index (χ3n) is 3.60. The Bertz CT molecular complexity index is 794. The number of rotatable bonds is 4. The summed E-state index contributed by atoms with van der Waals surface area (Å²) in [6, 6.07) is 7.48. The van der Waals surface area contributed by atoms with Crippen LogP contribution in [0, 0.1) is 13.8 Å². The summed E-state index contributed by atoms with van der Waals surface area (Å²) in [4.78, 5) is 12.5. The molecule has 2 N–H and O–H groups in total. The lowest BCUT2D eigenvalue weighted by Crippen LogP contribution is -2.03. The number of allylic oxidation sites excluding steroid dienone is 1. The second-order valence-corrected chi connectivity index (χ2v) is 6.02. The fourth-order valence-corrected chi connectivity index (χ4v) is 2.75.